The summed E-state index contributed by atoms with van der Waals surface area (Å²) in [5.41, 5.74) is 0.447. The van der Waals surface area contributed by atoms with E-state index in [4.69, 9.17) is 10.2 Å². The lowest BCUT2D eigenvalue weighted by Gasteiger charge is -2.06. The number of hydrogen-bond donors (Lipinski definition) is 2. The second-order valence-electron chi connectivity index (χ2n) is 3.85. The molecule has 0 amide bonds. The SMILES string of the molecule is O=C(O)c1ccn(Cc2ccc(O)cc2)c(=O)c1. The predicted molar refractivity (Wildman–Crippen MR) is 64.9 cm³/mol. The number of carboxylic acids is 1. The van der Waals surface area contributed by atoms with Crippen LogP contribution in [0.15, 0.2) is 47.4 Å². The third kappa shape index (κ3) is 2.57. The fraction of sp³-hybridized carbons (Fsp3) is 0.0769. The minimum atomic E-state index is -1.12. The molecule has 0 aliphatic carbocycles. The summed E-state index contributed by atoms with van der Waals surface area (Å²) >= 11 is 0. The van der Waals surface area contributed by atoms with Gasteiger partial charge in [0.25, 0.3) is 5.56 Å². The Kier molecular flexibility index (Phi) is 3.14. The van der Waals surface area contributed by atoms with Crippen LogP contribution in [-0.2, 0) is 6.54 Å². The molecule has 2 rings (SSSR count). The Labute approximate surface area is 103 Å². The van der Waals surface area contributed by atoms with Crippen molar-refractivity contribution in [2.75, 3.05) is 0 Å². The lowest BCUT2D eigenvalue weighted by molar-refractivity contribution is 0.0696. The topological polar surface area (TPSA) is 79.5 Å². The average molecular weight is 245 g/mol. The molecule has 0 bridgehead atoms. The van der Waals surface area contributed by atoms with Crippen molar-refractivity contribution in [3.05, 3.63) is 64.1 Å². The summed E-state index contributed by atoms with van der Waals surface area (Å²) in [7, 11) is 0. The zero-order chi connectivity index (χ0) is 13.1. The van der Waals surface area contributed by atoms with Crippen molar-refractivity contribution in [2.45, 2.75) is 6.54 Å². The van der Waals surface area contributed by atoms with Crippen molar-refractivity contribution < 1.29 is 15.0 Å². The third-order valence-corrected chi connectivity index (χ3v) is 2.53. The van der Waals surface area contributed by atoms with Gasteiger partial charge in [0.05, 0.1) is 12.1 Å². The maximum atomic E-state index is 11.7. The van der Waals surface area contributed by atoms with Crippen LogP contribution < -0.4 is 5.56 Å². The maximum absolute atomic E-state index is 11.7. The largest absolute Gasteiger partial charge is 0.508 e. The van der Waals surface area contributed by atoms with Crippen LogP contribution in [0.2, 0.25) is 0 Å². The second kappa shape index (κ2) is 4.75. The molecule has 1 aromatic carbocycles. The van der Waals surface area contributed by atoms with E-state index in [9.17, 15) is 9.59 Å². The van der Waals surface area contributed by atoms with Crippen LogP contribution in [0, 0.1) is 0 Å². The first-order valence-electron chi connectivity index (χ1n) is 5.28. The lowest BCUT2D eigenvalue weighted by Crippen LogP contribution is -2.20. The molecule has 0 aliphatic heterocycles. The average Bonchev–Trinajstić information content (AvgIpc) is 2.34. The van der Waals surface area contributed by atoms with Gasteiger partial charge in [-0.1, -0.05) is 12.1 Å². The van der Waals surface area contributed by atoms with Crippen molar-refractivity contribution in [1.82, 2.24) is 4.57 Å². The molecule has 0 unspecified atom stereocenters. The van der Waals surface area contributed by atoms with E-state index < -0.39 is 5.97 Å². The van der Waals surface area contributed by atoms with Gasteiger partial charge in [-0.05, 0) is 23.8 Å². The fourth-order valence-electron chi connectivity index (χ4n) is 1.57. The first kappa shape index (κ1) is 11.9. The molecule has 0 saturated carbocycles. The van der Waals surface area contributed by atoms with Crippen LogP contribution in [0.5, 0.6) is 5.75 Å². The number of nitrogens with zero attached hydrogens (tertiary/aromatic N) is 1. The van der Waals surface area contributed by atoms with Crippen LogP contribution in [0.25, 0.3) is 0 Å². The molecule has 5 nitrogen and oxygen atoms in total. The number of phenolic OH excluding ortho intramolecular Hbond substituents is 1. The molecule has 5 heteroatoms. The number of pyridine rings is 1. The monoisotopic (exact) mass is 245 g/mol. The van der Waals surface area contributed by atoms with Gasteiger partial charge >= 0.3 is 5.97 Å². The Morgan fingerprint density at radius 2 is 1.83 bits per heavy atom. The standard InChI is InChI=1S/C13H11NO4/c15-11-3-1-9(2-4-11)8-14-6-5-10(13(17)18)7-12(14)16/h1-7,15H,8H2,(H,17,18). The molecule has 2 N–H and O–H groups in total. The van der Waals surface area contributed by atoms with Crippen LogP contribution in [0.1, 0.15) is 15.9 Å². The molecule has 92 valence electrons. The lowest BCUT2D eigenvalue weighted by atomic mass is 10.2. The van der Waals surface area contributed by atoms with E-state index in [2.05, 4.69) is 0 Å². The highest BCUT2D eigenvalue weighted by molar-refractivity contribution is 5.87. The van der Waals surface area contributed by atoms with Crippen LogP contribution in [-0.4, -0.2) is 20.7 Å². The van der Waals surface area contributed by atoms with Gasteiger partial charge in [-0.2, -0.15) is 0 Å². The molecule has 0 fully saturated rings. The van der Waals surface area contributed by atoms with Crippen molar-refractivity contribution in [3.8, 4) is 5.75 Å². The number of phenols is 1. The van der Waals surface area contributed by atoms with Gasteiger partial charge in [0, 0.05) is 12.3 Å². The Morgan fingerprint density at radius 1 is 1.17 bits per heavy atom. The number of aromatic carboxylic acids is 1. The molecule has 0 radical (unpaired) electrons. The van der Waals surface area contributed by atoms with E-state index in [-0.39, 0.29) is 16.9 Å². The zero-order valence-corrected chi connectivity index (χ0v) is 9.41. The highest BCUT2D eigenvalue weighted by Gasteiger charge is 2.05. The van der Waals surface area contributed by atoms with Gasteiger partial charge in [-0.25, -0.2) is 4.79 Å². The van der Waals surface area contributed by atoms with Crippen LogP contribution in [0.4, 0.5) is 0 Å². The Balaban J connectivity index is 2.27. The molecule has 0 atom stereocenters. The summed E-state index contributed by atoms with van der Waals surface area (Å²) in [6.45, 7) is 0.332. The van der Waals surface area contributed by atoms with E-state index in [1.165, 1.54) is 29.0 Å². The van der Waals surface area contributed by atoms with Crippen LogP contribution >= 0.6 is 0 Å². The van der Waals surface area contributed by atoms with E-state index in [0.29, 0.717) is 6.54 Å². The summed E-state index contributed by atoms with van der Waals surface area (Å²) in [5.74, 6) is -0.962. The summed E-state index contributed by atoms with van der Waals surface area (Å²) < 4.78 is 1.40. The highest BCUT2D eigenvalue weighted by atomic mass is 16.4. The number of carboxylic acid groups (broad SMARTS) is 1. The van der Waals surface area contributed by atoms with E-state index >= 15 is 0 Å². The zero-order valence-electron chi connectivity index (χ0n) is 9.41. The minimum absolute atomic E-state index is 0.0260. The van der Waals surface area contributed by atoms with Crippen LogP contribution in [0.3, 0.4) is 0 Å². The Morgan fingerprint density at radius 3 is 2.39 bits per heavy atom. The molecular formula is C13H11NO4. The molecule has 1 heterocycles. The smallest absolute Gasteiger partial charge is 0.335 e. The van der Waals surface area contributed by atoms with Gasteiger partial charge < -0.3 is 14.8 Å². The van der Waals surface area contributed by atoms with E-state index in [0.717, 1.165) is 11.6 Å². The highest BCUT2D eigenvalue weighted by Crippen LogP contribution is 2.10. The molecule has 0 aliphatic rings. The Hall–Kier alpha value is -2.56. The maximum Gasteiger partial charge on any atom is 0.335 e. The minimum Gasteiger partial charge on any atom is -0.508 e. The van der Waals surface area contributed by atoms with Crippen molar-refractivity contribution in [2.24, 2.45) is 0 Å². The molecule has 2 aromatic rings. The van der Waals surface area contributed by atoms with Crippen molar-refractivity contribution in [1.29, 1.82) is 0 Å². The molecule has 18 heavy (non-hydrogen) atoms. The molecular weight excluding hydrogens is 234 g/mol. The number of aromatic hydroxyl groups is 1. The number of aromatic nitrogens is 1. The first-order valence-corrected chi connectivity index (χ1v) is 5.28. The molecule has 0 saturated heterocycles. The number of hydrogen-bond acceptors (Lipinski definition) is 3. The predicted octanol–water partition coefficient (Wildman–Crippen LogP) is 1.30. The molecule has 0 spiro atoms. The van der Waals surface area contributed by atoms with E-state index in [1.54, 1.807) is 12.1 Å². The third-order valence-electron chi connectivity index (χ3n) is 2.53. The number of carbonyl (C=O) groups is 1. The second-order valence-corrected chi connectivity index (χ2v) is 3.85. The van der Waals surface area contributed by atoms with E-state index in [1.807, 2.05) is 0 Å². The van der Waals surface area contributed by atoms with Gasteiger partial charge in [0.1, 0.15) is 5.75 Å². The summed E-state index contributed by atoms with van der Waals surface area (Å²) in [5, 5.41) is 17.9. The summed E-state index contributed by atoms with van der Waals surface area (Å²) in [6, 6.07) is 8.94. The van der Waals surface area contributed by atoms with Gasteiger partial charge in [-0.15, -0.1) is 0 Å². The summed E-state index contributed by atoms with van der Waals surface area (Å²) in [4.78, 5) is 22.4. The van der Waals surface area contributed by atoms with Gasteiger partial charge in [0.15, 0.2) is 0 Å². The Bertz CT molecular complexity index is 628. The first-order chi connectivity index (χ1) is 8.56. The van der Waals surface area contributed by atoms with Crippen molar-refractivity contribution >= 4 is 5.97 Å². The number of rotatable bonds is 3. The van der Waals surface area contributed by atoms with Gasteiger partial charge in [-0.3, -0.25) is 4.79 Å². The normalized spacial score (nSPS) is 10.2. The van der Waals surface area contributed by atoms with Crippen molar-refractivity contribution in [3.63, 3.8) is 0 Å². The summed E-state index contributed by atoms with van der Waals surface area (Å²) in [6.07, 6.45) is 1.44. The molecule has 1 aromatic heterocycles. The fourth-order valence-corrected chi connectivity index (χ4v) is 1.57. The quantitative estimate of drug-likeness (QED) is 0.854. The van der Waals surface area contributed by atoms with Gasteiger partial charge in [0.2, 0.25) is 0 Å². The number of benzene rings is 1.